The quantitative estimate of drug-likeness (QED) is 0.855. The first-order valence-corrected chi connectivity index (χ1v) is 8.49. The number of hydrogen-bond acceptors (Lipinski definition) is 3. The molecule has 1 saturated heterocycles. The van der Waals surface area contributed by atoms with Crippen LogP contribution in [0.15, 0.2) is 22.7 Å². The van der Waals surface area contributed by atoms with Gasteiger partial charge in [-0.3, -0.25) is 4.72 Å². The zero-order chi connectivity index (χ0) is 14.8. The van der Waals surface area contributed by atoms with Crippen molar-refractivity contribution in [2.75, 3.05) is 24.4 Å². The van der Waals surface area contributed by atoms with E-state index in [1.807, 2.05) is 0 Å². The first-order chi connectivity index (χ1) is 9.42. The van der Waals surface area contributed by atoms with Crippen LogP contribution in [-0.2, 0) is 10.2 Å². The van der Waals surface area contributed by atoms with Gasteiger partial charge in [-0.05, 0) is 52.9 Å². The summed E-state index contributed by atoms with van der Waals surface area (Å²) in [6.07, 6.45) is 1.54. The van der Waals surface area contributed by atoms with Gasteiger partial charge in [0, 0.05) is 24.2 Å². The predicted octanol–water partition coefficient (Wildman–Crippen LogP) is 1.95. The van der Waals surface area contributed by atoms with E-state index in [9.17, 15) is 12.8 Å². The van der Waals surface area contributed by atoms with Gasteiger partial charge in [-0.2, -0.15) is 12.7 Å². The van der Waals surface area contributed by atoms with E-state index in [0.717, 1.165) is 12.8 Å². The molecule has 2 rings (SSSR count). The molecule has 2 N–H and O–H groups in total. The van der Waals surface area contributed by atoms with Gasteiger partial charge >= 0.3 is 10.2 Å². The molecule has 0 aromatic heterocycles. The molecule has 112 valence electrons. The number of nitrogens with zero attached hydrogens (tertiary/aromatic N) is 1. The van der Waals surface area contributed by atoms with Crippen LogP contribution in [0.3, 0.4) is 0 Å². The maximum absolute atomic E-state index is 13.0. The van der Waals surface area contributed by atoms with Gasteiger partial charge in [0.05, 0.1) is 5.69 Å². The zero-order valence-corrected chi connectivity index (χ0v) is 13.1. The Hall–Kier alpha value is -0.700. The monoisotopic (exact) mass is 366 g/mol. The Balaban J connectivity index is 2.14. The van der Waals surface area contributed by atoms with Gasteiger partial charge in [-0.15, -0.1) is 0 Å². The van der Waals surface area contributed by atoms with Crippen LogP contribution in [0.5, 0.6) is 0 Å². The lowest BCUT2D eigenvalue weighted by Gasteiger charge is -2.31. The van der Waals surface area contributed by atoms with Gasteiger partial charge in [0.1, 0.15) is 5.82 Å². The standard InChI is InChI=1S/C12H16BrFN2O3S/c13-11-6-10(14)3-4-12(11)15-20(18,19)16-5-1-2-9(7-16)8-17/h3-4,6,9,15,17H,1-2,5,7-8H2. The van der Waals surface area contributed by atoms with E-state index in [1.54, 1.807) is 0 Å². The summed E-state index contributed by atoms with van der Waals surface area (Å²) in [4.78, 5) is 0. The van der Waals surface area contributed by atoms with Crippen LogP contribution in [0.25, 0.3) is 0 Å². The molecule has 1 aromatic carbocycles. The number of anilines is 1. The molecule has 20 heavy (non-hydrogen) atoms. The Kier molecular flexibility index (Phi) is 5.00. The van der Waals surface area contributed by atoms with Gasteiger partial charge in [0.25, 0.3) is 0 Å². The molecule has 1 aliphatic rings. The van der Waals surface area contributed by atoms with E-state index < -0.39 is 16.0 Å². The molecule has 5 nitrogen and oxygen atoms in total. The molecule has 0 spiro atoms. The van der Waals surface area contributed by atoms with E-state index in [-0.39, 0.29) is 18.2 Å². The molecule has 1 fully saturated rings. The molecule has 0 amide bonds. The molecule has 0 aliphatic carbocycles. The first-order valence-electron chi connectivity index (χ1n) is 6.26. The second-order valence-electron chi connectivity index (χ2n) is 4.78. The first kappa shape index (κ1) is 15.7. The van der Waals surface area contributed by atoms with E-state index >= 15 is 0 Å². The Labute approximate surface area is 126 Å². The van der Waals surface area contributed by atoms with Crippen LogP contribution in [0, 0.1) is 11.7 Å². The summed E-state index contributed by atoms with van der Waals surface area (Å²) in [6, 6.07) is 3.75. The average Bonchev–Trinajstić information content (AvgIpc) is 2.42. The Morgan fingerprint density at radius 3 is 2.90 bits per heavy atom. The number of hydrogen-bond donors (Lipinski definition) is 2. The molecule has 0 saturated carbocycles. The van der Waals surface area contributed by atoms with Crippen molar-refractivity contribution in [1.29, 1.82) is 0 Å². The van der Waals surface area contributed by atoms with E-state index in [2.05, 4.69) is 20.7 Å². The lowest BCUT2D eigenvalue weighted by Crippen LogP contribution is -2.43. The number of benzene rings is 1. The Bertz CT molecular complexity index is 582. The summed E-state index contributed by atoms with van der Waals surface area (Å²) in [6.45, 7) is 0.696. The number of rotatable bonds is 4. The summed E-state index contributed by atoms with van der Waals surface area (Å²) < 4.78 is 41.6. The normalized spacial score (nSPS) is 20.9. The number of piperidine rings is 1. The van der Waals surface area contributed by atoms with Crippen LogP contribution in [-0.4, -0.2) is 37.5 Å². The van der Waals surface area contributed by atoms with Gasteiger partial charge in [-0.1, -0.05) is 0 Å². The minimum atomic E-state index is -3.69. The third-order valence-electron chi connectivity index (χ3n) is 3.25. The van der Waals surface area contributed by atoms with Crippen molar-refractivity contribution in [2.45, 2.75) is 12.8 Å². The SMILES string of the molecule is O=S(=O)(Nc1ccc(F)cc1Br)N1CCCC(CO)C1. The average molecular weight is 367 g/mol. The van der Waals surface area contributed by atoms with Crippen molar-refractivity contribution in [3.8, 4) is 0 Å². The fraction of sp³-hybridized carbons (Fsp3) is 0.500. The van der Waals surface area contributed by atoms with Crippen LogP contribution in [0.2, 0.25) is 0 Å². The van der Waals surface area contributed by atoms with Gasteiger partial charge in [0.2, 0.25) is 0 Å². The Morgan fingerprint density at radius 1 is 1.50 bits per heavy atom. The van der Waals surface area contributed by atoms with Crippen molar-refractivity contribution in [2.24, 2.45) is 5.92 Å². The van der Waals surface area contributed by atoms with Crippen molar-refractivity contribution in [3.63, 3.8) is 0 Å². The van der Waals surface area contributed by atoms with Crippen LogP contribution in [0.1, 0.15) is 12.8 Å². The lowest BCUT2D eigenvalue weighted by atomic mass is 10.0. The molecule has 8 heteroatoms. The molecule has 0 radical (unpaired) electrons. The number of aliphatic hydroxyl groups excluding tert-OH is 1. The molecule has 1 unspecified atom stereocenters. The third-order valence-corrected chi connectivity index (χ3v) is 5.40. The maximum atomic E-state index is 13.0. The third kappa shape index (κ3) is 3.69. The fourth-order valence-corrected chi connectivity index (χ4v) is 4.11. The summed E-state index contributed by atoms with van der Waals surface area (Å²) in [7, 11) is -3.69. The van der Waals surface area contributed by atoms with Crippen molar-refractivity contribution < 1.29 is 17.9 Å². The number of aliphatic hydroxyl groups is 1. The fourth-order valence-electron chi connectivity index (χ4n) is 2.17. The molecular formula is C12H16BrFN2O3S. The smallest absolute Gasteiger partial charge is 0.301 e. The summed E-state index contributed by atoms with van der Waals surface area (Å²) in [5.74, 6) is -0.477. The minimum absolute atomic E-state index is 0.0216. The topological polar surface area (TPSA) is 69.6 Å². The van der Waals surface area contributed by atoms with E-state index in [1.165, 1.54) is 22.5 Å². The van der Waals surface area contributed by atoms with Crippen LogP contribution in [0.4, 0.5) is 10.1 Å². The highest BCUT2D eigenvalue weighted by Crippen LogP contribution is 2.26. The highest BCUT2D eigenvalue weighted by Gasteiger charge is 2.28. The highest BCUT2D eigenvalue weighted by atomic mass is 79.9. The van der Waals surface area contributed by atoms with Gasteiger partial charge in [0.15, 0.2) is 0 Å². The summed E-state index contributed by atoms with van der Waals surface area (Å²) in [5, 5.41) is 9.15. The molecule has 1 heterocycles. The zero-order valence-electron chi connectivity index (χ0n) is 10.7. The largest absolute Gasteiger partial charge is 0.396 e. The molecular weight excluding hydrogens is 351 g/mol. The molecule has 1 aliphatic heterocycles. The molecule has 1 atom stereocenters. The molecule has 1 aromatic rings. The predicted molar refractivity (Wildman–Crippen MR) is 78.0 cm³/mol. The second-order valence-corrected chi connectivity index (χ2v) is 7.31. The van der Waals surface area contributed by atoms with Crippen LogP contribution >= 0.6 is 15.9 Å². The Morgan fingerprint density at radius 2 is 2.25 bits per heavy atom. The summed E-state index contributed by atoms with van der Waals surface area (Å²) >= 11 is 3.12. The van der Waals surface area contributed by atoms with Crippen molar-refractivity contribution >= 4 is 31.8 Å². The minimum Gasteiger partial charge on any atom is -0.396 e. The molecule has 0 bridgehead atoms. The highest BCUT2D eigenvalue weighted by molar-refractivity contribution is 9.10. The number of nitrogens with one attached hydrogen (secondary N) is 1. The van der Waals surface area contributed by atoms with Gasteiger partial charge in [-0.25, -0.2) is 4.39 Å². The van der Waals surface area contributed by atoms with Gasteiger partial charge < -0.3 is 5.11 Å². The van der Waals surface area contributed by atoms with E-state index in [0.29, 0.717) is 17.6 Å². The van der Waals surface area contributed by atoms with Crippen molar-refractivity contribution in [3.05, 3.63) is 28.5 Å². The lowest BCUT2D eigenvalue weighted by molar-refractivity contribution is 0.166. The van der Waals surface area contributed by atoms with Crippen LogP contribution < -0.4 is 4.72 Å². The number of halogens is 2. The van der Waals surface area contributed by atoms with E-state index in [4.69, 9.17) is 5.11 Å². The van der Waals surface area contributed by atoms with Crippen molar-refractivity contribution in [1.82, 2.24) is 4.31 Å². The second kappa shape index (κ2) is 6.38. The summed E-state index contributed by atoms with van der Waals surface area (Å²) in [5.41, 5.74) is 0.289. The maximum Gasteiger partial charge on any atom is 0.301 e.